The van der Waals surface area contributed by atoms with Gasteiger partial charge in [-0.25, -0.2) is 9.98 Å². The number of halogens is 3. The predicted octanol–water partition coefficient (Wildman–Crippen LogP) is 2.76. The van der Waals surface area contributed by atoms with E-state index in [0.29, 0.717) is 19.6 Å². The number of phenolic OH excluding ortho intramolecular Hbond substituents is 1. The minimum Gasteiger partial charge on any atom is -0.508 e. The molecule has 10 heteroatoms. The Morgan fingerprint density at radius 2 is 1.97 bits per heavy atom. The van der Waals surface area contributed by atoms with Crippen molar-refractivity contribution >= 4 is 11.7 Å². The van der Waals surface area contributed by atoms with Crippen molar-refractivity contribution in [2.45, 2.75) is 44.7 Å². The lowest BCUT2D eigenvalue weighted by Crippen LogP contribution is -2.51. The molecule has 0 saturated carbocycles. The quantitative estimate of drug-likeness (QED) is 0.636. The van der Waals surface area contributed by atoms with Gasteiger partial charge in [-0.1, -0.05) is 12.1 Å². The molecule has 2 atom stereocenters. The second kappa shape index (κ2) is 8.87. The summed E-state index contributed by atoms with van der Waals surface area (Å²) in [4.78, 5) is 15.1. The van der Waals surface area contributed by atoms with Crippen LogP contribution in [0.25, 0.3) is 0 Å². The first-order valence-corrected chi connectivity index (χ1v) is 10.4. The first kappa shape index (κ1) is 22.2. The molecule has 1 fully saturated rings. The van der Waals surface area contributed by atoms with Gasteiger partial charge in [0, 0.05) is 30.5 Å². The molecule has 7 nitrogen and oxygen atoms in total. The molecule has 0 amide bonds. The van der Waals surface area contributed by atoms with Crippen LogP contribution in [0.15, 0.2) is 52.7 Å². The lowest BCUT2D eigenvalue weighted by Gasteiger charge is -2.29. The van der Waals surface area contributed by atoms with E-state index in [2.05, 4.69) is 30.5 Å². The normalized spacial score (nSPS) is 20.9. The summed E-state index contributed by atoms with van der Waals surface area (Å²) in [6.07, 6.45) is -2.02. The van der Waals surface area contributed by atoms with Gasteiger partial charge in [0.25, 0.3) is 0 Å². The summed E-state index contributed by atoms with van der Waals surface area (Å²) in [7, 11) is 0. The number of rotatable bonds is 6. The van der Waals surface area contributed by atoms with Crippen molar-refractivity contribution in [3.05, 3.63) is 59.4 Å². The number of nitrogens with one attached hydrogen (secondary N) is 2. The molecule has 0 bridgehead atoms. The maximum Gasteiger partial charge on any atom is 0.417 e. The van der Waals surface area contributed by atoms with E-state index in [0.717, 1.165) is 23.7 Å². The molecule has 2 aliphatic rings. The number of nitrogens with zero attached hydrogens (tertiary/aromatic N) is 4. The fraction of sp³-hybridized carbons (Fsp3) is 0.409. The Kier molecular flexibility index (Phi) is 6.16. The standard InChI is InChI=1S/C22H25F3N6O/c1-13(2)31-12-28-18-20(27-8-7-14-3-5-17(32)6-4-14)29-19(30-21(18)31)15-9-16(11-26-10-15)22(23,24)25/h3-6,9-11,13,18,20,27-28,32H,7-8,12H2,1-2H3. The maximum atomic E-state index is 13.2. The average Bonchev–Trinajstić information content (AvgIpc) is 3.19. The number of amidine groups is 2. The number of benzene rings is 1. The van der Waals surface area contributed by atoms with Gasteiger partial charge in [-0.3, -0.25) is 15.6 Å². The summed E-state index contributed by atoms with van der Waals surface area (Å²) in [5, 5.41) is 16.2. The summed E-state index contributed by atoms with van der Waals surface area (Å²) in [5.41, 5.74) is 0.448. The van der Waals surface area contributed by atoms with Crippen molar-refractivity contribution in [2.24, 2.45) is 9.98 Å². The second-order valence-electron chi connectivity index (χ2n) is 8.10. The Morgan fingerprint density at radius 3 is 2.66 bits per heavy atom. The zero-order valence-corrected chi connectivity index (χ0v) is 17.8. The van der Waals surface area contributed by atoms with Gasteiger partial charge in [-0.15, -0.1) is 0 Å². The zero-order valence-electron chi connectivity index (χ0n) is 17.8. The summed E-state index contributed by atoms with van der Waals surface area (Å²) in [5.74, 6) is 1.19. The summed E-state index contributed by atoms with van der Waals surface area (Å²) >= 11 is 0. The molecule has 0 aliphatic carbocycles. The topological polar surface area (TPSA) is 85.1 Å². The third kappa shape index (κ3) is 4.76. The second-order valence-corrected chi connectivity index (χ2v) is 8.10. The van der Waals surface area contributed by atoms with Crippen LogP contribution in [0.5, 0.6) is 5.75 Å². The number of fused-ring (bicyclic) bond motifs is 1. The van der Waals surface area contributed by atoms with Crippen LogP contribution in [0.4, 0.5) is 13.2 Å². The van der Waals surface area contributed by atoms with Crippen molar-refractivity contribution in [1.29, 1.82) is 0 Å². The van der Waals surface area contributed by atoms with Gasteiger partial charge >= 0.3 is 6.18 Å². The number of hydrogen-bond acceptors (Lipinski definition) is 7. The fourth-order valence-electron chi connectivity index (χ4n) is 3.77. The lowest BCUT2D eigenvalue weighted by atomic mass is 10.1. The molecule has 170 valence electrons. The van der Waals surface area contributed by atoms with Gasteiger partial charge in [0.2, 0.25) is 0 Å². The Hall–Kier alpha value is -2.98. The number of phenols is 1. The van der Waals surface area contributed by atoms with Crippen LogP contribution in [-0.2, 0) is 12.6 Å². The molecule has 3 N–H and O–H groups in total. The van der Waals surface area contributed by atoms with Crippen LogP contribution in [0, 0.1) is 0 Å². The minimum atomic E-state index is -4.49. The van der Waals surface area contributed by atoms with Crippen LogP contribution < -0.4 is 10.6 Å². The molecular weight excluding hydrogens is 421 g/mol. The summed E-state index contributed by atoms with van der Waals surface area (Å²) in [6.45, 7) is 5.26. The van der Waals surface area contributed by atoms with E-state index in [1.807, 2.05) is 26.0 Å². The predicted molar refractivity (Wildman–Crippen MR) is 116 cm³/mol. The van der Waals surface area contributed by atoms with E-state index in [4.69, 9.17) is 0 Å². The fourth-order valence-corrected chi connectivity index (χ4v) is 3.77. The van der Waals surface area contributed by atoms with Gasteiger partial charge in [0.1, 0.15) is 23.8 Å². The molecule has 4 rings (SSSR count). The third-order valence-electron chi connectivity index (χ3n) is 5.50. The Balaban J connectivity index is 1.59. The van der Waals surface area contributed by atoms with Crippen molar-refractivity contribution in [3.8, 4) is 5.75 Å². The molecule has 2 aliphatic heterocycles. The Bertz CT molecular complexity index is 1020. The van der Waals surface area contributed by atoms with Gasteiger partial charge < -0.3 is 10.0 Å². The first-order valence-electron chi connectivity index (χ1n) is 10.4. The number of pyridine rings is 1. The van der Waals surface area contributed by atoms with E-state index in [1.165, 1.54) is 6.20 Å². The largest absolute Gasteiger partial charge is 0.508 e. The Labute approximate surface area is 184 Å². The summed E-state index contributed by atoms with van der Waals surface area (Å²) < 4.78 is 39.6. The van der Waals surface area contributed by atoms with Crippen LogP contribution in [-0.4, -0.2) is 58.1 Å². The van der Waals surface area contributed by atoms with Gasteiger partial charge in [0.05, 0.1) is 12.2 Å². The first-order chi connectivity index (χ1) is 15.2. The number of aliphatic imine (C=N–C) groups is 2. The van der Waals surface area contributed by atoms with E-state index >= 15 is 0 Å². The number of hydrogen-bond donors (Lipinski definition) is 3. The number of aromatic nitrogens is 1. The van der Waals surface area contributed by atoms with Gasteiger partial charge in [-0.2, -0.15) is 13.2 Å². The molecular formula is C22H25F3N6O. The monoisotopic (exact) mass is 446 g/mol. The molecule has 0 spiro atoms. The van der Waals surface area contributed by atoms with Crippen molar-refractivity contribution in [3.63, 3.8) is 0 Å². The molecule has 1 aromatic heterocycles. The molecule has 2 aromatic rings. The van der Waals surface area contributed by atoms with E-state index in [1.54, 1.807) is 12.1 Å². The van der Waals surface area contributed by atoms with Crippen LogP contribution in [0.3, 0.4) is 0 Å². The Morgan fingerprint density at radius 1 is 1.22 bits per heavy atom. The van der Waals surface area contributed by atoms with E-state index < -0.39 is 17.9 Å². The molecule has 1 aromatic carbocycles. The maximum absolute atomic E-state index is 13.2. The van der Waals surface area contributed by atoms with E-state index in [9.17, 15) is 18.3 Å². The third-order valence-corrected chi connectivity index (χ3v) is 5.50. The lowest BCUT2D eigenvalue weighted by molar-refractivity contribution is -0.137. The summed E-state index contributed by atoms with van der Waals surface area (Å²) in [6, 6.07) is 7.99. The van der Waals surface area contributed by atoms with Crippen molar-refractivity contribution in [1.82, 2.24) is 20.5 Å². The highest BCUT2D eigenvalue weighted by molar-refractivity contribution is 6.10. The molecule has 32 heavy (non-hydrogen) atoms. The van der Waals surface area contributed by atoms with Crippen LogP contribution >= 0.6 is 0 Å². The van der Waals surface area contributed by atoms with Crippen LogP contribution in [0.1, 0.15) is 30.5 Å². The zero-order chi connectivity index (χ0) is 22.9. The molecule has 2 unspecified atom stereocenters. The van der Waals surface area contributed by atoms with Gasteiger partial charge in [0.15, 0.2) is 5.84 Å². The highest BCUT2D eigenvalue weighted by atomic mass is 19.4. The van der Waals surface area contributed by atoms with Crippen LogP contribution in [0.2, 0.25) is 0 Å². The van der Waals surface area contributed by atoms with E-state index in [-0.39, 0.29) is 29.2 Å². The highest BCUT2D eigenvalue weighted by Crippen LogP contribution is 2.29. The molecule has 3 heterocycles. The highest BCUT2D eigenvalue weighted by Gasteiger charge is 2.39. The number of aromatic hydroxyl groups is 1. The minimum absolute atomic E-state index is 0.169. The average molecular weight is 446 g/mol. The van der Waals surface area contributed by atoms with Crippen molar-refractivity contribution in [2.75, 3.05) is 13.2 Å². The number of alkyl halides is 3. The SMILES string of the molecule is CC(C)N1CNC2C1=NC(c1cncc(C(F)(F)F)c1)=NC2NCCc1ccc(O)cc1. The molecule has 0 radical (unpaired) electrons. The smallest absolute Gasteiger partial charge is 0.417 e. The molecule has 1 saturated heterocycles. The van der Waals surface area contributed by atoms with Gasteiger partial charge in [-0.05, 0) is 44.0 Å². The van der Waals surface area contributed by atoms with Crippen molar-refractivity contribution < 1.29 is 18.3 Å².